The van der Waals surface area contributed by atoms with Gasteiger partial charge >= 0.3 is 0 Å². The SMILES string of the molecule is COc1ccc(-c2ccc3c(NCCCNCc4cccc(OC)c4O)ccnc3c2)cc1.Cl. The summed E-state index contributed by atoms with van der Waals surface area (Å²) in [5.41, 5.74) is 5.12. The molecule has 7 heteroatoms. The standard InChI is InChI=1S/C27H29N3O3.ClH/c1-32-22-10-7-19(8-11-22)20-9-12-23-24(13-16-30-25(23)17-20)29-15-4-14-28-18-21-5-3-6-26(33-2)27(21)31;/h3,5-13,16-17,28,31H,4,14-15,18H2,1-2H3,(H,29,30);1H. The fraction of sp³-hybridized carbons (Fsp3) is 0.222. The maximum absolute atomic E-state index is 10.2. The van der Waals surface area contributed by atoms with E-state index in [1.54, 1.807) is 20.3 Å². The van der Waals surface area contributed by atoms with E-state index in [1.807, 2.05) is 36.5 Å². The average molecular weight is 480 g/mol. The van der Waals surface area contributed by atoms with Gasteiger partial charge in [0.2, 0.25) is 0 Å². The number of anilines is 1. The smallest absolute Gasteiger partial charge is 0.162 e. The lowest BCUT2D eigenvalue weighted by atomic mass is 10.0. The maximum atomic E-state index is 10.2. The van der Waals surface area contributed by atoms with E-state index < -0.39 is 0 Å². The van der Waals surface area contributed by atoms with E-state index >= 15 is 0 Å². The van der Waals surface area contributed by atoms with Crippen molar-refractivity contribution in [2.24, 2.45) is 0 Å². The van der Waals surface area contributed by atoms with Crippen molar-refractivity contribution in [2.75, 3.05) is 32.6 Å². The van der Waals surface area contributed by atoms with Crippen molar-refractivity contribution in [3.63, 3.8) is 0 Å². The van der Waals surface area contributed by atoms with Crippen LogP contribution in [0.2, 0.25) is 0 Å². The van der Waals surface area contributed by atoms with Crippen molar-refractivity contribution in [2.45, 2.75) is 13.0 Å². The molecule has 0 saturated heterocycles. The monoisotopic (exact) mass is 479 g/mol. The molecule has 0 radical (unpaired) electrons. The lowest BCUT2D eigenvalue weighted by Crippen LogP contribution is -2.17. The third-order valence-electron chi connectivity index (χ3n) is 5.63. The second-order valence-corrected chi connectivity index (χ2v) is 7.74. The Morgan fingerprint density at radius 3 is 2.44 bits per heavy atom. The van der Waals surface area contributed by atoms with Crippen LogP contribution in [0.25, 0.3) is 22.0 Å². The summed E-state index contributed by atoms with van der Waals surface area (Å²) in [6.45, 7) is 2.25. The van der Waals surface area contributed by atoms with Crippen LogP contribution in [0.4, 0.5) is 5.69 Å². The molecular formula is C27H30ClN3O3. The van der Waals surface area contributed by atoms with E-state index in [4.69, 9.17) is 9.47 Å². The highest BCUT2D eigenvalue weighted by molar-refractivity contribution is 5.93. The molecule has 0 aliphatic heterocycles. The van der Waals surface area contributed by atoms with Crippen LogP contribution in [0.5, 0.6) is 17.2 Å². The number of aromatic nitrogens is 1. The second kappa shape index (κ2) is 12.1. The van der Waals surface area contributed by atoms with E-state index in [0.717, 1.165) is 58.5 Å². The molecule has 1 aromatic heterocycles. The molecule has 0 amide bonds. The molecule has 178 valence electrons. The van der Waals surface area contributed by atoms with Gasteiger partial charge in [0.15, 0.2) is 11.5 Å². The van der Waals surface area contributed by atoms with Gasteiger partial charge in [-0.1, -0.05) is 36.4 Å². The van der Waals surface area contributed by atoms with Gasteiger partial charge in [-0.15, -0.1) is 12.4 Å². The van der Waals surface area contributed by atoms with Crippen LogP contribution in [-0.4, -0.2) is 37.4 Å². The van der Waals surface area contributed by atoms with Crippen molar-refractivity contribution in [1.29, 1.82) is 0 Å². The Bertz CT molecular complexity index is 1220. The molecule has 3 N–H and O–H groups in total. The minimum Gasteiger partial charge on any atom is -0.504 e. The summed E-state index contributed by atoms with van der Waals surface area (Å²) in [5, 5.41) is 18.2. The molecule has 0 unspecified atom stereocenters. The first-order valence-corrected chi connectivity index (χ1v) is 11.0. The van der Waals surface area contributed by atoms with Gasteiger partial charge in [-0.25, -0.2) is 0 Å². The number of nitrogens with zero attached hydrogens (tertiary/aromatic N) is 1. The van der Waals surface area contributed by atoms with Gasteiger partial charge in [-0.2, -0.15) is 0 Å². The van der Waals surface area contributed by atoms with Gasteiger partial charge in [0.1, 0.15) is 5.75 Å². The third-order valence-corrected chi connectivity index (χ3v) is 5.63. The molecule has 0 atom stereocenters. The molecule has 0 spiro atoms. The number of benzene rings is 3. The van der Waals surface area contributed by atoms with Gasteiger partial charge in [0, 0.05) is 35.9 Å². The number of phenolic OH excluding ortho intramolecular Hbond substituents is 1. The van der Waals surface area contributed by atoms with Crippen molar-refractivity contribution in [3.8, 4) is 28.4 Å². The van der Waals surface area contributed by atoms with Gasteiger partial charge in [0.05, 0.1) is 19.7 Å². The summed E-state index contributed by atoms with van der Waals surface area (Å²) in [6, 6.07) is 21.9. The summed E-state index contributed by atoms with van der Waals surface area (Å²) >= 11 is 0. The fourth-order valence-corrected chi connectivity index (χ4v) is 3.80. The Balaban J connectivity index is 0.00000324. The summed E-state index contributed by atoms with van der Waals surface area (Å²) in [4.78, 5) is 4.56. The summed E-state index contributed by atoms with van der Waals surface area (Å²) in [6.07, 6.45) is 2.78. The zero-order valence-electron chi connectivity index (χ0n) is 19.4. The van der Waals surface area contributed by atoms with Crippen molar-refractivity contribution in [1.82, 2.24) is 10.3 Å². The molecule has 0 aliphatic carbocycles. The van der Waals surface area contributed by atoms with Crippen LogP contribution < -0.4 is 20.1 Å². The maximum Gasteiger partial charge on any atom is 0.162 e. The summed E-state index contributed by atoms with van der Waals surface area (Å²) < 4.78 is 10.4. The number of hydrogen-bond donors (Lipinski definition) is 3. The van der Waals surface area contributed by atoms with E-state index in [0.29, 0.717) is 12.3 Å². The van der Waals surface area contributed by atoms with Crippen LogP contribution in [0.15, 0.2) is 72.9 Å². The molecule has 1 heterocycles. The first-order valence-electron chi connectivity index (χ1n) is 11.0. The first-order chi connectivity index (χ1) is 16.2. The highest BCUT2D eigenvalue weighted by Crippen LogP contribution is 2.30. The summed E-state index contributed by atoms with van der Waals surface area (Å²) in [7, 11) is 3.23. The Hall–Kier alpha value is -3.48. The molecule has 4 rings (SSSR count). The Kier molecular flexibility index (Phi) is 8.96. The van der Waals surface area contributed by atoms with Crippen molar-refractivity contribution < 1.29 is 14.6 Å². The van der Waals surface area contributed by atoms with Crippen LogP contribution in [0.3, 0.4) is 0 Å². The molecule has 0 saturated carbocycles. The number of methoxy groups -OCH3 is 2. The molecule has 4 aromatic rings. The number of aromatic hydroxyl groups is 1. The molecule has 0 fully saturated rings. The Morgan fingerprint density at radius 2 is 1.68 bits per heavy atom. The normalized spacial score (nSPS) is 10.5. The second-order valence-electron chi connectivity index (χ2n) is 7.74. The zero-order chi connectivity index (χ0) is 23.0. The number of fused-ring (bicyclic) bond motifs is 1. The minimum absolute atomic E-state index is 0. The molecular weight excluding hydrogens is 450 g/mol. The number of phenols is 1. The molecule has 0 aliphatic rings. The Morgan fingerprint density at radius 1 is 0.882 bits per heavy atom. The molecule has 6 nitrogen and oxygen atoms in total. The highest BCUT2D eigenvalue weighted by atomic mass is 35.5. The number of para-hydroxylation sites is 1. The third kappa shape index (κ3) is 5.90. The average Bonchev–Trinajstić information content (AvgIpc) is 2.86. The number of hydrogen-bond acceptors (Lipinski definition) is 6. The molecule has 34 heavy (non-hydrogen) atoms. The first kappa shape index (κ1) is 25.1. The van der Waals surface area contributed by atoms with E-state index in [-0.39, 0.29) is 18.2 Å². The number of rotatable bonds is 10. The van der Waals surface area contributed by atoms with Crippen LogP contribution in [0.1, 0.15) is 12.0 Å². The number of halogens is 1. The number of nitrogens with one attached hydrogen (secondary N) is 2. The van der Waals surface area contributed by atoms with E-state index in [2.05, 4.69) is 45.9 Å². The lowest BCUT2D eigenvalue weighted by molar-refractivity contribution is 0.369. The van der Waals surface area contributed by atoms with Crippen LogP contribution in [0, 0.1) is 0 Å². The fourth-order valence-electron chi connectivity index (χ4n) is 3.80. The summed E-state index contributed by atoms with van der Waals surface area (Å²) in [5.74, 6) is 1.54. The molecule has 0 bridgehead atoms. The van der Waals surface area contributed by atoms with Gasteiger partial charge in [-0.3, -0.25) is 4.98 Å². The quantitative estimate of drug-likeness (QED) is 0.256. The predicted molar refractivity (Wildman–Crippen MR) is 140 cm³/mol. The largest absolute Gasteiger partial charge is 0.504 e. The van der Waals surface area contributed by atoms with Gasteiger partial charge in [0.25, 0.3) is 0 Å². The lowest BCUT2D eigenvalue weighted by Gasteiger charge is -2.12. The van der Waals surface area contributed by atoms with Crippen molar-refractivity contribution >= 4 is 29.0 Å². The van der Waals surface area contributed by atoms with Crippen LogP contribution >= 0.6 is 12.4 Å². The van der Waals surface area contributed by atoms with Gasteiger partial charge in [-0.05, 0) is 54.4 Å². The number of pyridine rings is 1. The van der Waals surface area contributed by atoms with E-state index in [1.165, 1.54) is 0 Å². The zero-order valence-corrected chi connectivity index (χ0v) is 20.2. The van der Waals surface area contributed by atoms with Gasteiger partial charge < -0.3 is 25.2 Å². The highest BCUT2D eigenvalue weighted by Gasteiger charge is 2.07. The minimum atomic E-state index is 0. The van der Waals surface area contributed by atoms with Crippen molar-refractivity contribution in [3.05, 3.63) is 78.5 Å². The Labute approximate surface area is 206 Å². The predicted octanol–water partition coefficient (Wildman–Crippen LogP) is 5.64. The number of ether oxygens (including phenoxy) is 2. The van der Waals surface area contributed by atoms with E-state index in [9.17, 15) is 5.11 Å². The van der Waals surface area contributed by atoms with Crippen LogP contribution in [-0.2, 0) is 6.54 Å². The molecule has 3 aromatic carbocycles. The topological polar surface area (TPSA) is 75.6 Å².